The molecule has 1 N–H and O–H groups in total. The number of halogens is 3. The molecule has 1 rings (SSSR count). The number of hydrogen-bond acceptors (Lipinski definition) is 2. The van der Waals surface area contributed by atoms with Crippen LogP contribution in [0.5, 0.6) is 5.75 Å². The van der Waals surface area contributed by atoms with E-state index < -0.39 is 6.36 Å². The van der Waals surface area contributed by atoms with Crippen molar-refractivity contribution in [2.24, 2.45) is 0 Å². The topological polar surface area (TPSA) is 38.3 Å². The minimum Gasteiger partial charge on any atom is -0.405 e. The van der Waals surface area contributed by atoms with Crippen LogP contribution in [0.2, 0.25) is 0 Å². The predicted molar refractivity (Wildman–Crippen MR) is 46.0 cm³/mol. The molecular formula is C9H8F3NO2. The lowest BCUT2D eigenvalue weighted by Gasteiger charge is -2.12. The van der Waals surface area contributed by atoms with Gasteiger partial charge < -0.3 is 10.1 Å². The minimum atomic E-state index is -4.72. The molecule has 82 valence electrons. The second kappa shape index (κ2) is 4.68. The summed E-state index contributed by atoms with van der Waals surface area (Å²) in [6.07, 6.45) is -4.32. The van der Waals surface area contributed by atoms with Crippen molar-refractivity contribution in [1.82, 2.24) is 5.32 Å². The van der Waals surface area contributed by atoms with Gasteiger partial charge in [0, 0.05) is 12.1 Å². The normalized spacial score (nSPS) is 10.9. The molecule has 3 nitrogen and oxygen atoms in total. The molecule has 15 heavy (non-hydrogen) atoms. The van der Waals surface area contributed by atoms with E-state index in [1.165, 1.54) is 18.2 Å². The Kier molecular flexibility index (Phi) is 3.54. The molecule has 0 saturated heterocycles. The maximum absolute atomic E-state index is 11.9. The third-order valence-electron chi connectivity index (χ3n) is 1.57. The van der Waals surface area contributed by atoms with Crippen LogP contribution in [0.15, 0.2) is 24.3 Å². The number of alkyl halides is 3. The van der Waals surface area contributed by atoms with E-state index in [2.05, 4.69) is 10.1 Å². The second-order valence-electron chi connectivity index (χ2n) is 2.65. The Balaban J connectivity index is 2.81. The summed E-state index contributed by atoms with van der Waals surface area (Å²) < 4.78 is 39.6. The summed E-state index contributed by atoms with van der Waals surface area (Å²) in [5.74, 6) is -0.306. The van der Waals surface area contributed by atoms with Crippen LogP contribution in [0.3, 0.4) is 0 Å². The summed E-state index contributed by atoms with van der Waals surface area (Å²) in [6.45, 7) is -0.00421. The maximum atomic E-state index is 11.9. The van der Waals surface area contributed by atoms with Gasteiger partial charge >= 0.3 is 6.36 Å². The molecular weight excluding hydrogens is 211 g/mol. The van der Waals surface area contributed by atoms with E-state index in [1.54, 1.807) is 6.07 Å². The van der Waals surface area contributed by atoms with Crippen LogP contribution in [0, 0.1) is 0 Å². The second-order valence-corrected chi connectivity index (χ2v) is 2.65. The molecule has 0 saturated carbocycles. The van der Waals surface area contributed by atoms with Crippen LogP contribution in [-0.4, -0.2) is 12.8 Å². The molecule has 0 aliphatic heterocycles. The first kappa shape index (κ1) is 11.4. The summed E-state index contributed by atoms with van der Waals surface area (Å²) >= 11 is 0. The molecule has 0 spiro atoms. The minimum absolute atomic E-state index is 0.00421. The summed E-state index contributed by atoms with van der Waals surface area (Å²) in [6, 6.07) is 5.61. The Labute approximate surface area is 83.8 Å². The highest BCUT2D eigenvalue weighted by molar-refractivity contribution is 5.47. The molecule has 0 aliphatic rings. The summed E-state index contributed by atoms with van der Waals surface area (Å²) in [4.78, 5) is 10.0. The van der Waals surface area contributed by atoms with Gasteiger partial charge in [-0.1, -0.05) is 18.2 Å². The molecule has 1 aromatic rings. The van der Waals surface area contributed by atoms with Gasteiger partial charge in [0.25, 0.3) is 0 Å². The first-order chi connectivity index (χ1) is 7.03. The van der Waals surface area contributed by atoms with Crippen molar-refractivity contribution >= 4 is 6.41 Å². The number of carbonyl (C=O) groups excluding carboxylic acids is 1. The number of rotatable bonds is 4. The molecule has 0 unspecified atom stereocenters. The average Bonchev–Trinajstić information content (AvgIpc) is 2.14. The zero-order chi connectivity index (χ0) is 11.3. The zero-order valence-corrected chi connectivity index (χ0v) is 7.54. The average molecular weight is 219 g/mol. The van der Waals surface area contributed by atoms with Crippen molar-refractivity contribution in [3.63, 3.8) is 0 Å². The van der Waals surface area contributed by atoms with Crippen molar-refractivity contribution in [2.45, 2.75) is 12.9 Å². The van der Waals surface area contributed by atoms with Gasteiger partial charge in [0.1, 0.15) is 5.75 Å². The van der Waals surface area contributed by atoms with Gasteiger partial charge in [-0.3, -0.25) is 4.79 Å². The molecule has 6 heteroatoms. The van der Waals surface area contributed by atoms with E-state index in [0.717, 1.165) is 0 Å². The number of ether oxygens (including phenoxy) is 1. The number of hydrogen-bond donors (Lipinski definition) is 1. The molecule has 0 radical (unpaired) electrons. The summed E-state index contributed by atoms with van der Waals surface area (Å²) in [7, 11) is 0. The number of nitrogens with one attached hydrogen (secondary N) is 1. The van der Waals surface area contributed by atoms with Crippen LogP contribution < -0.4 is 10.1 Å². The Hall–Kier alpha value is -1.72. The Bertz CT molecular complexity index is 338. The fourth-order valence-electron chi connectivity index (χ4n) is 1.03. The molecule has 0 aromatic heterocycles. The van der Waals surface area contributed by atoms with Crippen LogP contribution >= 0.6 is 0 Å². The lowest BCUT2D eigenvalue weighted by atomic mass is 10.2. The van der Waals surface area contributed by atoms with Crippen LogP contribution in [0.25, 0.3) is 0 Å². The van der Waals surface area contributed by atoms with E-state index in [4.69, 9.17) is 0 Å². The van der Waals surface area contributed by atoms with E-state index in [0.29, 0.717) is 6.41 Å². The largest absolute Gasteiger partial charge is 0.573 e. The molecule has 0 fully saturated rings. The molecule has 0 heterocycles. The molecule has 1 amide bonds. The van der Waals surface area contributed by atoms with Crippen molar-refractivity contribution < 1.29 is 22.7 Å². The highest BCUT2D eigenvalue weighted by atomic mass is 19.4. The predicted octanol–water partition coefficient (Wildman–Crippen LogP) is 1.83. The summed E-state index contributed by atoms with van der Waals surface area (Å²) in [5.41, 5.74) is 0.266. The van der Waals surface area contributed by atoms with Crippen molar-refractivity contribution in [1.29, 1.82) is 0 Å². The standard InChI is InChI=1S/C9H8F3NO2/c10-9(11,12)15-8-4-2-1-3-7(8)5-13-6-14/h1-4,6H,5H2,(H,13,14). The number of carbonyl (C=O) groups is 1. The van der Waals surface area contributed by atoms with Crippen molar-refractivity contribution in [3.8, 4) is 5.75 Å². The van der Waals surface area contributed by atoms with Crippen molar-refractivity contribution in [3.05, 3.63) is 29.8 Å². The monoisotopic (exact) mass is 219 g/mol. The van der Waals surface area contributed by atoms with Gasteiger partial charge in [0.2, 0.25) is 6.41 Å². The van der Waals surface area contributed by atoms with E-state index in [9.17, 15) is 18.0 Å². The Morgan fingerprint density at radius 2 is 2.00 bits per heavy atom. The van der Waals surface area contributed by atoms with Gasteiger partial charge in [0.15, 0.2) is 0 Å². The van der Waals surface area contributed by atoms with Gasteiger partial charge in [-0.25, -0.2) is 0 Å². The number of amides is 1. The SMILES string of the molecule is O=CNCc1ccccc1OC(F)(F)F. The molecule has 1 aromatic carbocycles. The van der Waals surface area contributed by atoms with Gasteiger partial charge in [0.05, 0.1) is 0 Å². The highest BCUT2D eigenvalue weighted by Crippen LogP contribution is 2.25. The number of para-hydroxylation sites is 1. The number of benzene rings is 1. The van der Waals surface area contributed by atoms with Gasteiger partial charge in [-0.15, -0.1) is 13.2 Å². The molecule has 0 bridgehead atoms. The van der Waals surface area contributed by atoms with E-state index in [-0.39, 0.29) is 17.9 Å². The van der Waals surface area contributed by atoms with Gasteiger partial charge in [-0.2, -0.15) is 0 Å². The van der Waals surface area contributed by atoms with Gasteiger partial charge in [-0.05, 0) is 6.07 Å². The van der Waals surface area contributed by atoms with E-state index in [1.807, 2.05) is 0 Å². The lowest BCUT2D eigenvalue weighted by molar-refractivity contribution is -0.274. The van der Waals surface area contributed by atoms with Crippen LogP contribution in [0.1, 0.15) is 5.56 Å². The van der Waals surface area contributed by atoms with E-state index >= 15 is 0 Å². The third-order valence-corrected chi connectivity index (χ3v) is 1.57. The highest BCUT2D eigenvalue weighted by Gasteiger charge is 2.31. The van der Waals surface area contributed by atoms with Crippen LogP contribution in [-0.2, 0) is 11.3 Å². The molecule has 0 atom stereocenters. The molecule has 0 aliphatic carbocycles. The fraction of sp³-hybridized carbons (Fsp3) is 0.222. The maximum Gasteiger partial charge on any atom is 0.573 e. The van der Waals surface area contributed by atoms with Crippen molar-refractivity contribution in [2.75, 3.05) is 0 Å². The first-order valence-electron chi connectivity index (χ1n) is 4.03. The Morgan fingerprint density at radius 3 is 2.60 bits per heavy atom. The Morgan fingerprint density at radius 1 is 1.33 bits per heavy atom. The first-order valence-corrected chi connectivity index (χ1v) is 4.03. The summed E-state index contributed by atoms with van der Waals surface area (Å²) in [5, 5.41) is 2.26. The fourth-order valence-corrected chi connectivity index (χ4v) is 1.03. The lowest BCUT2D eigenvalue weighted by Crippen LogP contribution is -2.19. The van der Waals surface area contributed by atoms with Crippen LogP contribution in [0.4, 0.5) is 13.2 Å². The third kappa shape index (κ3) is 3.88. The quantitative estimate of drug-likeness (QED) is 0.784. The zero-order valence-electron chi connectivity index (χ0n) is 7.54. The smallest absolute Gasteiger partial charge is 0.405 e.